The highest BCUT2D eigenvalue weighted by Gasteiger charge is 2.23. The minimum atomic E-state index is 0.0144. The van der Waals surface area contributed by atoms with Crippen molar-refractivity contribution in [2.24, 2.45) is 0 Å². The molecule has 1 atom stereocenters. The van der Waals surface area contributed by atoms with E-state index < -0.39 is 0 Å². The summed E-state index contributed by atoms with van der Waals surface area (Å²) in [4.78, 5) is 4.55. The maximum atomic E-state index is 5.45. The van der Waals surface area contributed by atoms with Crippen LogP contribution in [-0.4, -0.2) is 28.9 Å². The SMILES string of the molecule is CCn1ncc(OC)c1C(NC)c1ccc(C)nc1C. The van der Waals surface area contributed by atoms with Crippen LogP contribution >= 0.6 is 0 Å². The Morgan fingerprint density at radius 1 is 1.35 bits per heavy atom. The normalized spacial score (nSPS) is 12.4. The fourth-order valence-corrected chi connectivity index (χ4v) is 2.52. The number of hydrogen-bond acceptors (Lipinski definition) is 4. The van der Waals surface area contributed by atoms with E-state index >= 15 is 0 Å². The maximum absolute atomic E-state index is 5.45. The number of nitrogens with zero attached hydrogens (tertiary/aromatic N) is 3. The first-order valence-electron chi connectivity index (χ1n) is 6.83. The molecule has 0 aliphatic heterocycles. The number of pyridine rings is 1. The molecule has 0 saturated heterocycles. The van der Waals surface area contributed by atoms with Gasteiger partial charge in [-0.2, -0.15) is 5.10 Å². The Hall–Kier alpha value is -1.88. The van der Waals surface area contributed by atoms with E-state index in [2.05, 4.69) is 28.4 Å². The smallest absolute Gasteiger partial charge is 0.161 e. The summed E-state index contributed by atoms with van der Waals surface area (Å²) in [7, 11) is 3.61. The fourth-order valence-electron chi connectivity index (χ4n) is 2.52. The van der Waals surface area contributed by atoms with E-state index in [0.29, 0.717) is 0 Å². The number of methoxy groups -OCH3 is 1. The molecule has 0 spiro atoms. The van der Waals surface area contributed by atoms with E-state index in [1.54, 1.807) is 13.3 Å². The third-order valence-electron chi connectivity index (χ3n) is 3.50. The van der Waals surface area contributed by atoms with Crippen LogP contribution < -0.4 is 10.1 Å². The van der Waals surface area contributed by atoms with Crippen LogP contribution in [0.1, 0.15) is 35.6 Å². The molecule has 2 aromatic heterocycles. The van der Waals surface area contributed by atoms with Crippen LogP contribution in [0.5, 0.6) is 5.75 Å². The first-order valence-corrected chi connectivity index (χ1v) is 6.83. The second-order valence-corrected chi connectivity index (χ2v) is 4.76. The van der Waals surface area contributed by atoms with Gasteiger partial charge in [0.25, 0.3) is 0 Å². The van der Waals surface area contributed by atoms with Crippen LogP contribution in [0.15, 0.2) is 18.3 Å². The molecular weight excluding hydrogens is 252 g/mol. The van der Waals surface area contributed by atoms with Crippen molar-refractivity contribution in [3.63, 3.8) is 0 Å². The summed E-state index contributed by atoms with van der Waals surface area (Å²) < 4.78 is 7.41. The van der Waals surface area contributed by atoms with Crippen LogP contribution in [-0.2, 0) is 6.54 Å². The molecule has 2 rings (SSSR count). The topological polar surface area (TPSA) is 52.0 Å². The average Bonchev–Trinajstić information content (AvgIpc) is 2.85. The van der Waals surface area contributed by atoms with Crippen molar-refractivity contribution in [2.45, 2.75) is 33.4 Å². The molecule has 0 amide bonds. The van der Waals surface area contributed by atoms with Gasteiger partial charge in [0.1, 0.15) is 5.69 Å². The molecule has 1 unspecified atom stereocenters. The van der Waals surface area contributed by atoms with Crippen LogP contribution in [0.2, 0.25) is 0 Å². The van der Waals surface area contributed by atoms with Gasteiger partial charge in [0.2, 0.25) is 0 Å². The predicted molar refractivity (Wildman–Crippen MR) is 79.1 cm³/mol. The quantitative estimate of drug-likeness (QED) is 0.908. The zero-order chi connectivity index (χ0) is 14.7. The van der Waals surface area contributed by atoms with Crippen molar-refractivity contribution in [2.75, 3.05) is 14.2 Å². The number of ether oxygens (including phenoxy) is 1. The lowest BCUT2D eigenvalue weighted by Crippen LogP contribution is -2.23. The van der Waals surface area contributed by atoms with E-state index in [-0.39, 0.29) is 6.04 Å². The molecule has 108 valence electrons. The van der Waals surface area contributed by atoms with Crippen LogP contribution in [0, 0.1) is 13.8 Å². The van der Waals surface area contributed by atoms with E-state index in [9.17, 15) is 0 Å². The average molecular weight is 274 g/mol. The molecule has 0 saturated carbocycles. The van der Waals surface area contributed by atoms with E-state index in [4.69, 9.17) is 4.74 Å². The zero-order valence-corrected chi connectivity index (χ0v) is 12.8. The summed E-state index contributed by atoms with van der Waals surface area (Å²) in [6, 6.07) is 4.16. The Morgan fingerprint density at radius 2 is 2.10 bits per heavy atom. The summed E-state index contributed by atoms with van der Waals surface area (Å²) >= 11 is 0. The molecule has 2 aromatic rings. The van der Waals surface area contributed by atoms with Crippen molar-refractivity contribution in [1.82, 2.24) is 20.1 Å². The third kappa shape index (κ3) is 2.54. The van der Waals surface area contributed by atoms with E-state index in [1.807, 2.05) is 31.6 Å². The molecule has 5 heteroatoms. The Morgan fingerprint density at radius 3 is 2.65 bits per heavy atom. The number of nitrogens with one attached hydrogen (secondary N) is 1. The summed E-state index contributed by atoms with van der Waals surface area (Å²) in [6.45, 7) is 6.91. The second-order valence-electron chi connectivity index (χ2n) is 4.76. The van der Waals surface area contributed by atoms with Gasteiger partial charge in [0.15, 0.2) is 5.75 Å². The van der Waals surface area contributed by atoms with Gasteiger partial charge >= 0.3 is 0 Å². The number of aryl methyl sites for hydroxylation is 3. The summed E-state index contributed by atoms with van der Waals surface area (Å²) in [5, 5.41) is 7.73. The lowest BCUT2D eigenvalue weighted by molar-refractivity contribution is 0.401. The number of aromatic nitrogens is 3. The van der Waals surface area contributed by atoms with E-state index in [0.717, 1.165) is 34.9 Å². The largest absolute Gasteiger partial charge is 0.493 e. The minimum absolute atomic E-state index is 0.0144. The summed E-state index contributed by atoms with van der Waals surface area (Å²) in [5.41, 5.74) is 4.23. The molecule has 0 aliphatic rings. The lowest BCUT2D eigenvalue weighted by Gasteiger charge is -2.21. The minimum Gasteiger partial charge on any atom is -0.493 e. The summed E-state index contributed by atoms with van der Waals surface area (Å²) in [6.07, 6.45) is 1.76. The van der Waals surface area contributed by atoms with Gasteiger partial charge in [-0.25, -0.2) is 0 Å². The van der Waals surface area contributed by atoms with Gasteiger partial charge in [-0.3, -0.25) is 9.67 Å². The Labute approximate surface area is 120 Å². The fraction of sp³-hybridized carbons (Fsp3) is 0.467. The highest BCUT2D eigenvalue weighted by atomic mass is 16.5. The molecule has 0 fully saturated rings. The van der Waals surface area contributed by atoms with Crippen LogP contribution in [0.3, 0.4) is 0 Å². The van der Waals surface area contributed by atoms with Gasteiger partial charge < -0.3 is 10.1 Å². The standard InChI is InChI=1S/C15H22N4O/c1-6-19-15(13(20-5)9-17-19)14(16-4)12-8-7-10(2)18-11(12)3/h7-9,14,16H,6H2,1-5H3. The molecule has 20 heavy (non-hydrogen) atoms. The first-order chi connectivity index (χ1) is 9.62. The van der Waals surface area contributed by atoms with Crippen molar-refractivity contribution >= 4 is 0 Å². The third-order valence-corrected chi connectivity index (χ3v) is 3.50. The van der Waals surface area contributed by atoms with Gasteiger partial charge in [-0.15, -0.1) is 0 Å². The Bertz CT molecular complexity index is 570. The van der Waals surface area contributed by atoms with Crippen molar-refractivity contribution in [1.29, 1.82) is 0 Å². The van der Waals surface area contributed by atoms with Gasteiger partial charge in [0, 0.05) is 17.9 Å². The number of hydrogen-bond donors (Lipinski definition) is 1. The lowest BCUT2D eigenvalue weighted by atomic mass is 10.0. The molecule has 0 bridgehead atoms. The maximum Gasteiger partial charge on any atom is 0.161 e. The predicted octanol–water partition coefficient (Wildman–Crippen LogP) is 2.23. The zero-order valence-electron chi connectivity index (χ0n) is 12.8. The molecule has 0 aromatic carbocycles. The monoisotopic (exact) mass is 274 g/mol. The highest BCUT2D eigenvalue weighted by Crippen LogP contribution is 2.31. The highest BCUT2D eigenvalue weighted by molar-refractivity contribution is 5.38. The van der Waals surface area contributed by atoms with Crippen molar-refractivity contribution in [3.8, 4) is 5.75 Å². The van der Waals surface area contributed by atoms with E-state index in [1.165, 1.54) is 0 Å². The molecule has 5 nitrogen and oxygen atoms in total. The summed E-state index contributed by atoms with van der Waals surface area (Å²) in [5.74, 6) is 0.797. The van der Waals surface area contributed by atoms with Crippen LogP contribution in [0.4, 0.5) is 0 Å². The first kappa shape index (κ1) is 14.5. The molecule has 0 aliphatic carbocycles. The van der Waals surface area contributed by atoms with Gasteiger partial charge in [-0.1, -0.05) is 6.07 Å². The molecule has 0 radical (unpaired) electrons. The Balaban J connectivity index is 2.54. The Kier molecular flexibility index (Phi) is 4.39. The van der Waals surface area contributed by atoms with Crippen molar-refractivity contribution in [3.05, 3.63) is 41.0 Å². The van der Waals surface area contributed by atoms with Crippen LogP contribution in [0.25, 0.3) is 0 Å². The number of rotatable bonds is 5. The molecular formula is C15H22N4O. The van der Waals surface area contributed by atoms with Gasteiger partial charge in [-0.05, 0) is 39.4 Å². The molecule has 1 N–H and O–H groups in total. The molecule has 2 heterocycles. The van der Waals surface area contributed by atoms with Gasteiger partial charge in [0.05, 0.1) is 19.3 Å². The second kappa shape index (κ2) is 6.05. The van der Waals surface area contributed by atoms with Crippen molar-refractivity contribution < 1.29 is 4.74 Å².